The average molecular weight is 292 g/mol. The van der Waals surface area contributed by atoms with Crippen LogP contribution in [0.4, 0.5) is 0 Å². The van der Waals surface area contributed by atoms with E-state index in [1.165, 1.54) is 16.6 Å². The lowest BCUT2D eigenvalue weighted by Crippen LogP contribution is -2.09. The molecule has 2 heteroatoms. The van der Waals surface area contributed by atoms with Crippen molar-refractivity contribution >= 4 is 11.0 Å². The molecule has 0 fully saturated rings. The first-order valence-corrected chi connectivity index (χ1v) is 7.92. The van der Waals surface area contributed by atoms with Gasteiger partial charge in [-0.25, -0.2) is 4.98 Å². The lowest BCUT2D eigenvalue weighted by atomic mass is 9.88. The molecule has 0 N–H and O–H groups in total. The summed E-state index contributed by atoms with van der Waals surface area (Å²) in [6.45, 7) is 9.82. The molecule has 114 valence electrons. The van der Waals surface area contributed by atoms with Crippen LogP contribution >= 0.6 is 0 Å². The van der Waals surface area contributed by atoms with Crippen molar-refractivity contribution in [3.05, 3.63) is 65.5 Å². The summed E-state index contributed by atoms with van der Waals surface area (Å²) in [4.78, 5) is 4.65. The monoisotopic (exact) mass is 292 g/mol. The number of benzene rings is 2. The summed E-state index contributed by atoms with van der Waals surface area (Å²) in [7, 11) is 0. The van der Waals surface area contributed by atoms with E-state index in [0.29, 0.717) is 5.41 Å². The van der Waals surface area contributed by atoms with Gasteiger partial charge in [-0.15, -0.1) is 0 Å². The van der Waals surface area contributed by atoms with E-state index in [2.05, 4.69) is 79.7 Å². The Morgan fingerprint density at radius 2 is 1.68 bits per heavy atom. The molecular weight excluding hydrogens is 268 g/mol. The number of aryl methyl sites for hydroxylation is 1. The second-order valence-corrected chi connectivity index (χ2v) is 7.29. The number of fused-ring (bicyclic) bond motifs is 1. The highest BCUT2D eigenvalue weighted by atomic mass is 15.1. The van der Waals surface area contributed by atoms with Gasteiger partial charge in [0.25, 0.3) is 0 Å². The minimum Gasteiger partial charge on any atom is -0.324 e. The quantitative estimate of drug-likeness (QED) is 0.665. The van der Waals surface area contributed by atoms with Crippen LogP contribution in [0.2, 0.25) is 0 Å². The van der Waals surface area contributed by atoms with Gasteiger partial charge in [0, 0.05) is 6.54 Å². The Kier molecular flexibility index (Phi) is 3.78. The first-order chi connectivity index (χ1) is 10.4. The van der Waals surface area contributed by atoms with Crippen molar-refractivity contribution in [3.63, 3.8) is 0 Å². The number of nitrogens with zero attached hydrogens (tertiary/aromatic N) is 2. The Morgan fingerprint density at radius 3 is 2.45 bits per heavy atom. The van der Waals surface area contributed by atoms with Crippen LogP contribution in [0.1, 0.15) is 37.7 Å². The molecule has 22 heavy (non-hydrogen) atoms. The minimum atomic E-state index is 0.316. The second kappa shape index (κ2) is 5.60. The number of hydrogen-bond acceptors (Lipinski definition) is 1. The fourth-order valence-electron chi connectivity index (χ4n) is 3.03. The Labute approximate surface area is 132 Å². The summed E-state index contributed by atoms with van der Waals surface area (Å²) in [5.41, 5.74) is 5.35. The molecule has 0 aliphatic rings. The summed E-state index contributed by atoms with van der Waals surface area (Å²) < 4.78 is 2.30. The first-order valence-electron chi connectivity index (χ1n) is 7.92. The zero-order chi connectivity index (χ0) is 15.7. The van der Waals surface area contributed by atoms with E-state index in [0.717, 1.165) is 24.3 Å². The predicted octanol–water partition coefficient (Wildman–Crippen LogP) is 4.98. The predicted molar refractivity (Wildman–Crippen MR) is 93.2 cm³/mol. The molecule has 0 aliphatic heterocycles. The fourth-order valence-corrected chi connectivity index (χ4v) is 3.03. The van der Waals surface area contributed by atoms with Crippen LogP contribution in [0.5, 0.6) is 0 Å². The average Bonchev–Trinajstić information content (AvgIpc) is 2.74. The second-order valence-electron chi connectivity index (χ2n) is 7.29. The van der Waals surface area contributed by atoms with Crippen LogP contribution in [0.25, 0.3) is 11.0 Å². The SMILES string of the molecule is Cc1nc2ccccc2n1Cc1cccc(CC(C)(C)C)c1. The van der Waals surface area contributed by atoms with Crippen LogP contribution in [-0.2, 0) is 13.0 Å². The van der Waals surface area contributed by atoms with Crippen LogP contribution < -0.4 is 0 Å². The molecule has 0 unspecified atom stereocenters. The van der Waals surface area contributed by atoms with Crippen molar-refractivity contribution in [1.29, 1.82) is 0 Å². The van der Waals surface area contributed by atoms with Gasteiger partial charge in [-0.3, -0.25) is 0 Å². The molecule has 0 spiro atoms. The molecule has 0 atom stereocenters. The maximum Gasteiger partial charge on any atom is 0.107 e. The highest BCUT2D eigenvalue weighted by molar-refractivity contribution is 5.75. The molecule has 0 saturated heterocycles. The lowest BCUT2D eigenvalue weighted by Gasteiger charge is -2.18. The molecule has 0 amide bonds. The van der Waals surface area contributed by atoms with Gasteiger partial charge in [0.15, 0.2) is 0 Å². The first kappa shape index (κ1) is 14.8. The maximum absolute atomic E-state index is 4.65. The Balaban J connectivity index is 1.92. The van der Waals surface area contributed by atoms with Crippen LogP contribution in [0, 0.1) is 12.3 Å². The number of para-hydroxylation sites is 2. The van der Waals surface area contributed by atoms with E-state index in [1.54, 1.807) is 0 Å². The molecule has 0 bridgehead atoms. The zero-order valence-electron chi connectivity index (χ0n) is 13.9. The smallest absolute Gasteiger partial charge is 0.107 e. The highest BCUT2D eigenvalue weighted by Crippen LogP contribution is 2.22. The fraction of sp³-hybridized carbons (Fsp3) is 0.350. The van der Waals surface area contributed by atoms with E-state index >= 15 is 0 Å². The van der Waals surface area contributed by atoms with Gasteiger partial charge < -0.3 is 4.57 Å². The van der Waals surface area contributed by atoms with Crippen molar-refractivity contribution in [1.82, 2.24) is 9.55 Å². The van der Waals surface area contributed by atoms with Gasteiger partial charge in [-0.05, 0) is 42.0 Å². The third-order valence-corrected chi connectivity index (χ3v) is 3.91. The Bertz CT molecular complexity index is 791. The van der Waals surface area contributed by atoms with Crippen LogP contribution in [0.15, 0.2) is 48.5 Å². The highest BCUT2D eigenvalue weighted by Gasteiger charge is 2.12. The van der Waals surface area contributed by atoms with Crippen molar-refractivity contribution in [3.8, 4) is 0 Å². The number of imidazole rings is 1. The summed E-state index contributed by atoms with van der Waals surface area (Å²) in [6, 6.07) is 17.3. The number of hydrogen-bond donors (Lipinski definition) is 0. The molecule has 2 aromatic carbocycles. The van der Waals surface area contributed by atoms with Gasteiger partial charge in [0.2, 0.25) is 0 Å². The molecular formula is C20H24N2. The van der Waals surface area contributed by atoms with E-state index in [4.69, 9.17) is 0 Å². The maximum atomic E-state index is 4.65. The largest absolute Gasteiger partial charge is 0.324 e. The molecule has 3 aromatic rings. The third-order valence-electron chi connectivity index (χ3n) is 3.91. The number of aromatic nitrogens is 2. The standard InChI is InChI=1S/C20H24N2/c1-15-21-18-10-5-6-11-19(18)22(15)14-17-9-7-8-16(12-17)13-20(2,3)4/h5-12H,13-14H2,1-4H3. The van der Waals surface area contributed by atoms with Crippen molar-refractivity contribution in [2.75, 3.05) is 0 Å². The molecule has 3 rings (SSSR count). The van der Waals surface area contributed by atoms with Gasteiger partial charge in [0.05, 0.1) is 11.0 Å². The minimum absolute atomic E-state index is 0.316. The van der Waals surface area contributed by atoms with E-state index in [-0.39, 0.29) is 0 Å². The van der Waals surface area contributed by atoms with Crippen molar-refractivity contribution in [2.24, 2.45) is 5.41 Å². The van der Waals surface area contributed by atoms with Crippen molar-refractivity contribution < 1.29 is 0 Å². The molecule has 1 aromatic heterocycles. The van der Waals surface area contributed by atoms with Gasteiger partial charge in [-0.2, -0.15) is 0 Å². The van der Waals surface area contributed by atoms with Crippen LogP contribution in [-0.4, -0.2) is 9.55 Å². The molecule has 0 saturated carbocycles. The van der Waals surface area contributed by atoms with Gasteiger partial charge >= 0.3 is 0 Å². The van der Waals surface area contributed by atoms with Gasteiger partial charge in [-0.1, -0.05) is 57.2 Å². The van der Waals surface area contributed by atoms with E-state index in [1.807, 2.05) is 6.07 Å². The molecule has 2 nitrogen and oxygen atoms in total. The summed E-state index contributed by atoms with van der Waals surface area (Å²) in [5.74, 6) is 1.07. The summed E-state index contributed by atoms with van der Waals surface area (Å²) in [6.07, 6.45) is 1.10. The lowest BCUT2D eigenvalue weighted by molar-refractivity contribution is 0.411. The van der Waals surface area contributed by atoms with Crippen LogP contribution in [0.3, 0.4) is 0 Å². The molecule has 0 radical (unpaired) electrons. The summed E-state index contributed by atoms with van der Waals surface area (Å²) >= 11 is 0. The topological polar surface area (TPSA) is 17.8 Å². The summed E-state index contributed by atoms with van der Waals surface area (Å²) in [5, 5.41) is 0. The van der Waals surface area contributed by atoms with E-state index in [9.17, 15) is 0 Å². The Hall–Kier alpha value is -2.09. The zero-order valence-corrected chi connectivity index (χ0v) is 13.9. The normalized spacial score (nSPS) is 12.0. The third kappa shape index (κ3) is 3.22. The number of rotatable bonds is 3. The molecule has 0 aliphatic carbocycles. The van der Waals surface area contributed by atoms with Crippen molar-refractivity contribution in [2.45, 2.75) is 40.7 Å². The molecule has 1 heterocycles. The van der Waals surface area contributed by atoms with E-state index < -0.39 is 0 Å². The Morgan fingerprint density at radius 1 is 0.955 bits per heavy atom. The van der Waals surface area contributed by atoms with Gasteiger partial charge in [0.1, 0.15) is 5.82 Å².